The molecule has 118 valence electrons. The maximum absolute atomic E-state index is 12.5. The van der Waals surface area contributed by atoms with Crippen molar-refractivity contribution in [1.29, 1.82) is 0 Å². The molecule has 0 spiro atoms. The summed E-state index contributed by atoms with van der Waals surface area (Å²) in [6, 6.07) is 16.9. The monoisotopic (exact) mass is 346 g/mol. The topological polar surface area (TPSA) is 56.0 Å². The average Bonchev–Trinajstić information content (AvgIpc) is 3.04. The second kappa shape index (κ2) is 7.06. The van der Waals surface area contributed by atoms with Gasteiger partial charge in [-0.1, -0.05) is 47.1 Å². The van der Waals surface area contributed by atoms with Gasteiger partial charge in [-0.05, 0) is 36.8 Å². The molecule has 0 aliphatic heterocycles. The molecule has 0 saturated carbocycles. The molecule has 0 saturated heterocycles. The standard InChI is InChI=1S/C17H15ClN2O2S/c1-12(13-7-9-15(18)10-8-13)23(21)11-16-19-17(22-20-16)14-5-3-2-4-6-14/h2-10,12H,11H2,1H3/t12-,23-/m1/s1. The van der Waals surface area contributed by atoms with E-state index >= 15 is 0 Å². The minimum Gasteiger partial charge on any atom is -0.334 e. The molecule has 0 aliphatic carbocycles. The van der Waals surface area contributed by atoms with E-state index in [4.69, 9.17) is 16.1 Å². The van der Waals surface area contributed by atoms with E-state index in [0.717, 1.165) is 11.1 Å². The summed E-state index contributed by atoms with van der Waals surface area (Å²) in [4.78, 5) is 4.32. The Hall–Kier alpha value is -1.98. The lowest BCUT2D eigenvalue weighted by atomic mass is 10.2. The molecule has 6 heteroatoms. The molecule has 2 atom stereocenters. The Labute approximate surface area is 142 Å². The van der Waals surface area contributed by atoms with Crippen LogP contribution < -0.4 is 0 Å². The lowest BCUT2D eigenvalue weighted by Gasteiger charge is -2.10. The number of rotatable bonds is 5. The van der Waals surface area contributed by atoms with Gasteiger partial charge in [0.05, 0.1) is 11.0 Å². The van der Waals surface area contributed by atoms with Crippen molar-refractivity contribution in [1.82, 2.24) is 10.1 Å². The maximum Gasteiger partial charge on any atom is 0.257 e. The van der Waals surface area contributed by atoms with E-state index in [0.29, 0.717) is 16.7 Å². The van der Waals surface area contributed by atoms with Crippen LogP contribution in [-0.2, 0) is 16.6 Å². The van der Waals surface area contributed by atoms with Gasteiger partial charge >= 0.3 is 0 Å². The van der Waals surface area contributed by atoms with Crippen molar-refractivity contribution in [2.24, 2.45) is 0 Å². The van der Waals surface area contributed by atoms with Crippen LogP contribution in [0.5, 0.6) is 0 Å². The molecule has 0 fully saturated rings. The Morgan fingerprint density at radius 2 is 1.83 bits per heavy atom. The first-order valence-corrected chi connectivity index (χ1v) is 8.90. The van der Waals surface area contributed by atoms with Crippen LogP contribution in [0.3, 0.4) is 0 Å². The molecule has 2 aromatic carbocycles. The molecule has 4 nitrogen and oxygen atoms in total. The normalized spacial score (nSPS) is 13.7. The molecule has 0 radical (unpaired) electrons. The van der Waals surface area contributed by atoms with Crippen molar-refractivity contribution in [2.75, 3.05) is 0 Å². The van der Waals surface area contributed by atoms with Crippen molar-refractivity contribution in [3.63, 3.8) is 0 Å². The van der Waals surface area contributed by atoms with Crippen molar-refractivity contribution in [3.05, 3.63) is 71.0 Å². The van der Waals surface area contributed by atoms with Crippen LogP contribution in [0.4, 0.5) is 0 Å². The van der Waals surface area contributed by atoms with E-state index in [9.17, 15) is 4.21 Å². The van der Waals surface area contributed by atoms with Gasteiger partial charge in [-0.3, -0.25) is 4.21 Å². The van der Waals surface area contributed by atoms with Gasteiger partial charge in [0, 0.05) is 21.4 Å². The van der Waals surface area contributed by atoms with E-state index in [2.05, 4.69) is 10.1 Å². The zero-order valence-corrected chi connectivity index (χ0v) is 14.1. The largest absolute Gasteiger partial charge is 0.334 e. The third-order valence-electron chi connectivity index (χ3n) is 3.49. The summed E-state index contributed by atoms with van der Waals surface area (Å²) in [7, 11) is -1.14. The fourth-order valence-electron chi connectivity index (χ4n) is 2.15. The predicted octanol–water partition coefficient (Wildman–Crippen LogP) is 4.40. The zero-order chi connectivity index (χ0) is 16.2. The van der Waals surface area contributed by atoms with Gasteiger partial charge in [-0.15, -0.1) is 0 Å². The van der Waals surface area contributed by atoms with Gasteiger partial charge in [-0.2, -0.15) is 4.98 Å². The minimum atomic E-state index is -1.14. The summed E-state index contributed by atoms with van der Waals surface area (Å²) in [5.74, 6) is 1.14. The molecule has 0 unspecified atom stereocenters. The Morgan fingerprint density at radius 3 is 2.52 bits per heavy atom. The summed E-state index contributed by atoms with van der Waals surface area (Å²) < 4.78 is 17.7. The average molecular weight is 347 g/mol. The Balaban J connectivity index is 1.71. The molecule has 3 rings (SSSR count). The van der Waals surface area contributed by atoms with Gasteiger partial charge in [0.2, 0.25) is 0 Å². The fraction of sp³-hybridized carbons (Fsp3) is 0.176. The second-order valence-corrected chi connectivity index (χ2v) is 7.29. The highest BCUT2D eigenvalue weighted by Gasteiger charge is 2.17. The SMILES string of the molecule is C[C@H](c1ccc(Cl)cc1)[S@](=O)Cc1noc(-c2ccccc2)n1. The van der Waals surface area contributed by atoms with Crippen LogP contribution in [-0.4, -0.2) is 14.3 Å². The van der Waals surface area contributed by atoms with Crippen LogP contribution in [0, 0.1) is 0 Å². The summed E-state index contributed by atoms with van der Waals surface area (Å²) in [6.45, 7) is 1.91. The Morgan fingerprint density at radius 1 is 1.13 bits per heavy atom. The molecule has 1 aromatic heterocycles. The molecule has 0 amide bonds. The molecule has 3 aromatic rings. The summed E-state index contributed by atoms with van der Waals surface area (Å²) in [5.41, 5.74) is 1.82. The fourth-order valence-corrected chi connectivity index (χ4v) is 3.36. The van der Waals surface area contributed by atoms with Gasteiger partial charge in [-0.25, -0.2) is 0 Å². The van der Waals surface area contributed by atoms with Crippen molar-refractivity contribution >= 4 is 22.4 Å². The first-order valence-electron chi connectivity index (χ1n) is 7.14. The van der Waals surface area contributed by atoms with Crippen molar-refractivity contribution in [2.45, 2.75) is 17.9 Å². The third-order valence-corrected chi connectivity index (χ3v) is 5.35. The molecule has 0 bridgehead atoms. The Bertz CT molecular complexity index is 803. The molecule has 1 heterocycles. The van der Waals surface area contributed by atoms with Gasteiger partial charge in [0.1, 0.15) is 0 Å². The summed E-state index contributed by atoms with van der Waals surface area (Å²) >= 11 is 5.88. The van der Waals surface area contributed by atoms with E-state index in [-0.39, 0.29) is 11.0 Å². The first-order chi connectivity index (χ1) is 11.1. The lowest BCUT2D eigenvalue weighted by Crippen LogP contribution is -2.06. The van der Waals surface area contributed by atoms with Crippen molar-refractivity contribution in [3.8, 4) is 11.5 Å². The number of halogens is 1. The molecule has 0 aliphatic rings. The maximum atomic E-state index is 12.5. The van der Waals surface area contributed by atoms with Crippen LogP contribution in [0.1, 0.15) is 23.6 Å². The second-order valence-electron chi connectivity index (χ2n) is 5.10. The predicted molar refractivity (Wildman–Crippen MR) is 91.4 cm³/mol. The summed E-state index contributed by atoms with van der Waals surface area (Å²) in [5, 5.41) is 4.45. The molecular formula is C17H15ClN2O2S. The minimum absolute atomic E-state index is 0.133. The van der Waals surface area contributed by atoms with E-state index in [1.54, 1.807) is 12.1 Å². The van der Waals surface area contributed by atoms with Crippen LogP contribution in [0.25, 0.3) is 11.5 Å². The number of nitrogens with zero attached hydrogens (tertiary/aromatic N) is 2. The van der Waals surface area contributed by atoms with Gasteiger partial charge < -0.3 is 4.52 Å². The van der Waals surface area contributed by atoms with Gasteiger partial charge in [0.25, 0.3) is 5.89 Å². The highest BCUT2D eigenvalue weighted by Crippen LogP contribution is 2.24. The third kappa shape index (κ3) is 3.86. The highest BCUT2D eigenvalue weighted by molar-refractivity contribution is 7.84. The number of hydrogen-bond acceptors (Lipinski definition) is 4. The quantitative estimate of drug-likeness (QED) is 0.687. The van der Waals surface area contributed by atoms with Crippen LogP contribution >= 0.6 is 11.6 Å². The van der Waals surface area contributed by atoms with E-state index in [1.807, 2.05) is 49.4 Å². The van der Waals surface area contributed by atoms with E-state index in [1.165, 1.54) is 0 Å². The number of benzene rings is 2. The number of aromatic nitrogens is 2. The first kappa shape index (κ1) is 15.9. The van der Waals surface area contributed by atoms with Crippen molar-refractivity contribution < 1.29 is 8.73 Å². The lowest BCUT2D eigenvalue weighted by molar-refractivity contribution is 0.425. The Kier molecular flexibility index (Phi) is 4.88. The zero-order valence-electron chi connectivity index (χ0n) is 12.5. The van der Waals surface area contributed by atoms with E-state index < -0.39 is 10.8 Å². The molecule has 23 heavy (non-hydrogen) atoms. The highest BCUT2D eigenvalue weighted by atomic mass is 35.5. The number of hydrogen-bond donors (Lipinski definition) is 0. The molecular weight excluding hydrogens is 332 g/mol. The van der Waals surface area contributed by atoms with Crippen LogP contribution in [0.15, 0.2) is 59.1 Å². The summed E-state index contributed by atoms with van der Waals surface area (Å²) in [6.07, 6.45) is 0. The van der Waals surface area contributed by atoms with Crippen LogP contribution in [0.2, 0.25) is 5.02 Å². The smallest absolute Gasteiger partial charge is 0.257 e. The van der Waals surface area contributed by atoms with Gasteiger partial charge in [0.15, 0.2) is 5.82 Å². The molecule has 0 N–H and O–H groups in total.